The number of para-hydroxylation sites is 1. The van der Waals surface area contributed by atoms with Crippen molar-refractivity contribution in [1.82, 2.24) is 15.3 Å². The lowest BCUT2D eigenvalue weighted by molar-refractivity contribution is 0.0925. The van der Waals surface area contributed by atoms with E-state index in [-0.39, 0.29) is 11.9 Å². The Balaban J connectivity index is 1.42. The van der Waals surface area contributed by atoms with Gasteiger partial charge in [0.15, 0.2) is 0 Å². The number of nitrogens with zero attached hydrogens (tertiary/aromatic N) is 2. The van der Waals surface area contributed by atoms with E-state index in [0.29, 0.717) is 12.2 Å². The van der Waals surface area contributed by atoms with Crippen LogP contribution in [0.3, 0.4) is 0 Å². The maximum atomic E-state index is 13.0. The number of hydrogen-bond acceptors (Lipinski definition) is 5. The lowest BCUT2D eigenvalue weighted by atomic mass is 10.00. The van der Waals surface area contributed by atoms with Gasteiger partial charge in [-0.25, -0.2) is 4.98 Å². The third kappa shape index (κ3) is 3.44. The molecule has 0 unspecified atom stereocenters. The molecule has 6 heteroatoms. The van der Waals surface area contributed by atoms with Crippen LogP contribution < -0.4 is 10.1 Å². The van der Waals surface area contributed by atoms with Crippen molar-refractivity contribution >= 4 is 27.5 Å². The summed E-state index contributed by atoms with van der Waals surface area (Å²) in [5.41, 5.74) is 5.55. The van der Waals surface area contributed by atoms with Gasteiger partial charge in [-0.2, -0.15) is 0 Å². The van der Waals surface area contributed by atoms with Crippen molar-refractivity contribution < 1.29 is 9.53 Å². The Labute approximate surface area is 178 Å². The Bertz CT molecular complexity index is 1260. The fourth-order valence-corrected chi connectivity index (χ4v) is 4.91. The van der Waals surface area contributed by atoms with Gasteiger partial charge >= 0.3 is 0 Å². The number of ether oxygens (including phenoxy) is 1. The van der Waals surface area contributed by atoms with Crippen molar-refractivity contribution in [2.75, 3.05) is 6.61 Å². The third-order valence-corrected chi connectivity index (χ3v) is 6.42. The number of nitrogens with one attached hydrogen (secondary N) is 1. The largest absolute Gasteiger partial charge is 0.493 e. The van der Waals surface area contributed by atoms with E-state index >= 15 is 0 Å². The van der Waals surface area contributed by atoms with E-state index in [0.717, 1.165) is 49.9 Å². The number of thiazole rings is 1. The molecular formula is C24H21N3O2S. The number of aryl methyl sites for hydroxylation is 2. The third-order valence-electron chi connectivity index (χ3n) is 5.37. The van der Waals surface area contributed by atoms with Crippen LogP contribution in [-0.2, 0) is 0 Å². The number of pyridine rings is 1. The van der Waals surface area contributed by atoms with Crippen molar-refractivity contribution in [3.8, 4) is 16.3 Å². The van der Waals surface area contributed by atoms with Crippen LogP contribution in [0, 0.1) is 13.8 Å². The lowest BCUT2D eigenvalue weighted by Crippen LogP contribution is -2.32. The average molecular weight is 416 g/mol. The van der Waals surface area contributed by atoms with Gasteiger partial charge in [-0.15, -0.1) is 11.3 Å². The number of carbonyl (C=O) groups excluding carboxylic acids is 1. The summed E-state index contributed by atoms with van der Waals surface area (Å²) in [6.07, 6.45) is 0.759. The Kier molecular flexibility index (Phi) is 4.71. The first-order valence-corrected chi connectivity index (χ1v) is 10.8. The van der Waals surface area contributed by atoms with Gasteiger partial charge in [0.2, 0.25) is 0 Å². The van der Waals surface area contributed by atoms with E-state index in [2.05, 4.69) is 16.4 Å². The zero-order valence-electron chi connectivity index (χ0n) is 16.8. The van der Waals surface area contributed by atoms with E-state index < -0.39 is 0 Å². The molecule has 5 nitrogen and oxygen atoms in total. The monoisotopic (exact) mass is 415 g/mol. The molecule has 1 aliphatic rings. The molecule has 1 N–H and O–H groups in total. The van der Waals surface area contributed by atoms with Crippen molar-refractivity contribution in [3.05, 3.63) is 77.1 Å². The molecule has 0 fully saturated rings. The minimum atomic E-state index is -0.0817. The number of rotatable bonds is 3. The minimum absolute atomic E-state index is 0.0450. The van der Waals surface area contributed by atoms with Crippen LogP contribution in [0.4, 0.5) is 0 Å². The molecule has 0 spiro atoms. The summed E-state index contributed by atoms with van der Waals surface area (Å²) in [6, 6.07) is 17.6. The van der Waals surface area contributed by atoms with Gasteiger partial charge in [0.1, 0.15) is 10.8 Å². The molecule has 0 saturated heterocycles. The Hall–Kier alpha value is -3.25. The summed E-state index contributed by atoms with van der Waals surface area (Å²) in [6.45, 7) is 4.58. The predicted octanol–water partition coefficient (Wildman–Crippen LogP) is 5.23. The van der Waals surface area contributed by atoms with Gasteiger partial charge in [-0.05, 0) is 50.2 Å². The van der Waals surface area contributed by atoms with Crippen LogP contribution in [-0.4, -0.2) is 22.5 Å². The van der Waals surface area contributed by atoms with Crippen LogP contribution in [0.5, 0.6) is 5.75 Å². The zero-order valence-corrected chi connectivity index (χ0v) is 17.6. The lowest BCUT2D eigenvalue weighted by Gasteiger charge is -2.26. The Morgan fingerprint density at radius 3 is 2.83 bits per heavy atom. The second-order valence-electron chi connectivity index (χ2n) is 7.49. The van der Waals surface area contributed by atoms with Crippen LogP contribution >= 0.6 is 11.3 Å². The second kappa shape index (κ2) is 7.54. The second-order valence-corrected chi connectivity index (χ2v) is 8.52. The van der Waals surface area contributed by atoms with Crippen molar-refractivity contribution in [1.29, 1.82) is 0 Å². The molecule has 0 bridgehead atoms. The molecule has 1 amide bonds. The van der Waals surface area contributed by atoms with Crippen molar-refractivity contribution in [2.24, 2.45) is 0 Å². The first kappa shape index (κ1) is 18.8. The first-order chi connectivity index (χ1) is 14.6. The molecule has 2 aromatic heterocycles. The molecule has 0 aliphatic carbocycles. The molecule has 4 aromatic rings. The summed E-state index contributed by atoms with van der Waals surface area (Å²) in [5, 5.41) is 4.09. The highest BCUT2D eigenvalue weighted by molar-refractivity contribution is 7.21. The molecule has 0 radical (unpaired) electrons. The van der Waals surface area contributed by atoms with Gasteiger partial charge in [0, 0.05) is 34.5 Å². The Morgan fingerprint density at radius 1 is 1.10 bits per heavy atom. The van der Waals surface area contributed by atoms with Gasteiger partial charge in [-0.3, -0.25) is 9.78 Å². The molecular weight excluding hydrogens is 394 g/mol. The average Bonchev–Trinajstić information content (AvgIpc) is 3.17. The number of fused-ring (bicyclic) bond motifs is 2. The molecule has 0 saturated carbocycles. The van der Waals surface area contributed by atoms with Gasteiger partial charge < -0.3 is 10.1 Å². The molecule has 1 atom stereocenters. The Morgan fingerprint density at radius 2 is 1.97 bits per heavy atom. The van der Waals surface area contributed by atoms with Crippen LogP contribution in [0.1, 0.15) is 39.8 Å². The molecule has 1 aliphatic heterocycles. The topological polar surface area (TPSA) is 64.1 Å². The molecule has 3 heterocycles. The first-order valence-electron chi connectivity index (χ1n) is 9.96. The number of aromatic nitrogens is 2. The smallest absolute Gasteiger partial charge is 0.251 e. The summed E-state index contributed by atoms with van der Waals surface area (Å²) in [7, 11) is 0. The van der Waals surface area contributed by atoms with Gasteiger partial charge in [0.05, 0.1) is 22.9 Å². The standard InChI is InChI=1S/C24H21N3O2S/c1-14-7-9-17(15(2)25-14)24-27-20-10-8-16(13-22(20)30-24)23(28)26-19-11-12-29-21-6-4-3-5-18(19)21/h3-10,13,19H,11-12H2,1-2H3,(H,26,28)/t19-/m0/s1. The maximum absolute atomic E-state index is 13.0. The van der Waals surface area contributed by atoms with Crippen molar-refractivity contribution in [2.45, 2.75) is 26.3 Å². The van der Waals surface area contributed by atoms with E-state index in [4.69, 9.17) is 9.72 Å². The number of carbonyl (C=O) groups is 1. The fraction of sp³-hybridized carbons (Fsp3) is 0.208. The summed E-state index contributed by atoms with van der Waals surface area (Å²) < 4.78 is 6.69. The zero-order chi connectivity index (χ0) is 20.7. The highest BCUT2D eigenvalue weighted by Gasteiger charge is 2.23. The quantitative estimate of drug-likeness (QED) is 0.498. The molecule has 30 heavy (non-hydrogen) atoms. The highest BCUT2D eigenvalue weighted by atomic mass is 32.1. The van der Waals surface area contributed by atoms with Crippen LogP contribution in [0.15, 0.2) is 54.6 Å². The maximum Gasteiger partial charge on any atom is 0.251 e. The van der Waals surface area contributed by atoms with E-state index in [9.17, 15) is 4.79 Å². The number of hydrogen-bond donors (Lipinski definition) is 1. The molecule has 150 valence electrons. The van der Waals surface area contributed by atoms with E-state index in [1.165, 1.54) is 0 Å². The van der Waals surface area contributed by atoms with Gasteiger partial charge in [-0.1, -0.05) is 18.2 Å². The van der Waals surface area contributed by atoms with Crippen LogP contribution in [0.2, 0.25) is 0 Å². The molecule has 2 aromatic carbocycles. The van der Waals surface area contributed by atoms with E-state index in [1.54, 1.807) is 11.3 Å². The summed E-state index contributed by atoms with van der Waals surface area (Å²) in [4.78, 5) is 22.2. The number of benzene rings is 2. The van der Waals surface area contributed by atoms with Gasteiger partial charge in [0.25, 0.3) is 5.91 Å². The minimum Gasteiger partial charge on any atom is -0.493 e. The van der Waals surface area contributed by atoms with Crippen molar-refractivity contribution in [3.63, 3.8) is 0 Å². The SMILES string of the molecule is Cc1ccc(-c2nc3ccc(C(=O)N[C@H]4CCOc5ccccc54)cc3s2)c(C)n1. The van der Waals surface area contributed by atoms with E-state index in [1.807, 2.05) is 62.4 Å². The predicted molar refractivity (Wildman–Crippen MR) is 119 cm³/mol. The fourth-order valence-electron chi connectivity index (χ4n) is 3.83. The normalized spacial score (nSPS) is 15.5. The molecule has 5 rings (SSSR count). The number of amides is 1. The van der Waals surface area contributed by atoms with Crippen LogP contribution in [0.25, 0.3) is 20.8 Å². The summed E-state index contributed by atoms with van der Waals surface area (Å²) in [5.74, 6) is 0.764. The summed E-state index contributed by atoms with van der Waals surface area (Å²) >= 11 is 1.59. The highest BCUT2D eigenvalue weighted by Crippen LogP contribution is 2.34.